The zero-order valence-electron chi connectivity index (χ0n) is 14.9. The van der Waals surface area contributed by atoms with Gasteiger partial charge in [-0.3, -0.25) is 0 Å². The normalized spacial score (nSPS) is 13.5. The van der Waals surface area contributed by atoms with Crippen molar-refractivity contribution in [2.75, 3.05) is 23.7 Å². The first-order chi connectivity index (χ1) is 13.1. The molecule has 0 unspecified atom stereocenters. The van der Waals surface area contributed by atoms with Crippen molar-refractivity contribution in [3.05, 3.63) is 59.7 Å². The van der Waals surface area contributed by atoms with E-state index in [0.29, 0.717) is 5.75 Å². The third-order valence-corrected chi connectivity index (χ3v) is 6.60. The molecule has 2 aromatic rings. The van der Waals surface area contributed by atoms with Crippen LogP contribution in [-0.2, 0) is 9.53 Å². The number of carboxylic acids is 1. The predicted octanol–water partition coefficient (Wildman–Crippen LogP) is 4.03. The summed E-state index contributed by atoms with van der Waals surface area (Å²) in [4.78, 5) is 23.5. The number of carbonyl (C=O) groups is 2. The Balaban J connectivity index is 1.64. The van der Waals surface area contributed by atoms with E-state index in [1.807, 2.05) is 42.7 Å². The molecule has 7 heteroatoms. The minimum absolute atomic E-state index is 0.0442. The van der Waals surface area contributed by atoms with Gasteiger partial charge in [0.25, 0.3) is 0 Å². The van der Waals surface area contributed by atoms with E-state index in [4.69, 9.17) is 4.74 Å². The molecular formula is C20H21NO4S2. The molecular weight excluding hydrogens is 382 g/mol. The van der Waals surface area contributed by atoms with Crippen LogP contribution < -0.4 is 5.32 Å². The molecule has 5 nitrogen and oxygen atoms in total. The van der Waals surface area contributed by atoms with Crippen molar-refractivity contribution in [2.24, 2.45) is 0 Å². The number of aliphatic carboxylic acids is 1. The standard InChI is InChI=1S/C20H21NO4S2/c1-26-12-27-11-18(19(22)23)21-20(24)25-10-17-15-8-4-2-6-13(15)14-7-3-5-9-16(14)17/h2-9,17-18H,10-12H2,1H3,(H,21,24)(H,22,23)/t18-/m0/s1. The number of carboxylic acid groups (broad SMARTS) is 1. The average Bonchev–Trinajstić information content (AvgIpc) is 2.99. The van der Waals surface area contributed by atoms with Crippen molar-refractivity contribution in [3.8, 4) is 11.1 Å². The van der Waals surface area contributed by atoms with Crippen LogP contribution in [-0.4, -0.2) is 46.9 Å². The van der Waals surface area contributed by atoms with Crippen molar-refractivity contribution in [1.29, 1.82) is 0 Å². The Morgan fingerprint density at radius 3 is 2.26 bits per heavy atom. The first-order valence-corrected chi connectivity index (χ1v) is 11.1. The van der Waals surface area contributed by atoms with Crippen molar-refractivity contribution >= 4 is 35.6 Å². The number of ether oxygens (including phenoxy) is 1. The van der Waals surface area contributed by atoms with Crippen LogP contribution in [0.3, 0.4) is 0 Å². The van der Waals surface area contributed by atoms with Gasteiger partial charge in [-0.15, -0.1) is 11.8 Å². The van der Waals surface area contributed by atoms with Gasteiger partial charge in [-0.2, -0.15) is 11.8 Å². The van der Waals surface area contributed by atoms with Crippen LogP contribution in [0.4, 0.5) is 4.79 Å². The Bertz CT molecular complexity index is 782. The molecule has 1 atom stereocenters. The van der Waals surface area contributed by atoms with Gasteiger partial charge >= 0.3 is 12.1 Å². The number of alkyl carbamates (subject to hydrolysis) is 1. The minimum Gasteiger partial charge on any atom is -0.480 e. The maximum Gasteiger partial charge on any atom is 0.407 e. The second kappa shape index (κ2) is 9.19. The summed E-state index contributed by atoms with van der Waals surface area (Å²) in [6.07, 6.45) is 1.25. The number of hydrogen-bond donors (Lipinski definition) is 2. The molecule has 27 heavy (non-hydrogen) atoms. The Hall–Kier alpha value is -2.12. The number of thioether (sulfide) groups is 2. The lowest BCUT2D eigenvalue weighted by Crippen LogP contribution is -2.43. The highest BCUT2D eigenvalue weighted by Crippen LogP contribution is 2.44. The van der Waals surface area contributed by atoms with Crippen molar-refractivity contribution in [3.63, 3.8) is 0 Å². The molecule has 3 rings (SSSR count). The molecule has 2 aromatic carbocycles. The fourth-order valence-electron chi connectivity index (χ4n) is 3.21. The zero-order valence-corrected chi connectivity index (χ0v) is 16.5. The summed E-state index contributed by atoms with van der Waals surface area (Å²) in [7, 11) is 0. The summed E-state index contributed by atoms with van der Waals surface area (Å²) >= 11 is 3.08. The van der Waals surface area contributed by atoms with Gasteiger partial charge in [-0.1, -0.05) is 48.5 Å². The van der Waals surface area contributed by atoms with E-state index < -0.39 is 18.1 Å². The van der Waals surface area contributed by atoms with E-state index >= 15 is 0 Å². The lowest BCUT2D eigenvalue weighted by Gasteiger charge is -2.17. The van der Waals surface area contributed by atoms with Crippen LogP contribution in [0, 0.1) is 0 Å². The number of nitrogens with one attached hydrogen (secondary N) is 1. The maximum atomic E-state index is 12.2. The molecule has 0 saturated carbocycles. The average molecular weight is 404 g/mol. The molecule has 2 N–H and O–H groups in total. The lowest BCUT2D eigenvalue weighted by molar-refractivity contribution is -0.138. The maximum absolute atomic E-state index is 12.2. The number of rotatable bonds is 8. The van der Waals surface area contributed by atoms with E-state index in [1.165, 1.54) is 11.8 Å². The molecule has 0 heterocycles. The molecule has 1 amide bonds. The largest absolute Gasteiger partial charge is 0.480 e. The lowest BCUT2D eigenvalue weighted by atomic mass is 9.98. The molecule has 0 aromatic heterocycles. The summed E-state index contributed by atoms with van der Waals surface area (Å²) in [5.41, 5.74) is 4.55. The number of fused-ring (bicyclic) bond motifs is 3. The molecule has 0 aliphatic heterocycles. The summed E-state index contributed by atoms with van der Waals surface area (Å²) < 4.78 is 5.40. The van der Waals surface area contributed by atoms with Crippen LogP contribution in [0.25, 0.3) is 11.1 Å². The fourth-order valence-corrected chi connectivity index (χ4v) is 4.72. The summed E-state index contributed by atoms with van der Waals surface area (Å²) in [5, 5.41) is 12.5. The second-order valence-electron chi connectivity index (χ2n) is 6.14. The van der Waals surface area contributed by atoms with Crippen molar-refractivity contribution in [2.45, 2.75) is 12.0 Å². The summed E-state index contributed by atoms with van der Waals surface area (Å²) in [6.45, 7) is 0.171. The van der Waals surface area contributed by atoms with E-state index in [9.17, 15) is 14.7 Å². The first kappa shape index (κ1) is 19.6. The second-order valence-corrected chi connectivity index (χ2v) is 8.40. The Kier molecular flexibility index (Phi) is 6.68. The molecule has 0 fully saturated rings. The van der Waals surface area contributed by atoms with Gasteiger partial charge < -0.3 is 15.2 Å². The molecule has 0 spiro atoms. The SMILES string of the molecule is CSCSC[C@H](NC(=O)OCC1c2ccccc2-c2ccccc21)C(=O)O. The van der Waals surface area contributed by atoms with Gasteiger partial charge in [-0.25, -0.2) is 9.59 Å². The highest BCUT2D eigenvalue weighted by Gasteiger charge is 2.29. The number of benzene rings is 2. The van der Waals surface area contributed by atoms with Crippen molar-refractivity contribution < 1.29 is 19.4 Å². The predicted molar refractivity (Wildman–Crippen MR) is 110 cm³/mol. The minimum atomic E-state index is -1.06. The van der Waals surface area contributed by atoms with Gasteiger partial charge in [0.2, 0.25) is 0 Å². The van der Waals surface area contributed by atoms with Crippen LogP contribution in [0.1, 0.15) is 17.0 Å². The monoisotopic (exact) mass is 403 g/mol. The molecule has 142 valence electrons. The number of hydrogen-bond acceptors (Lipinski definition) is 5. The summed E-state index contributed by atoms with van der Waals surface area (Å²) in [6, 6.07) is 15.2. The van der Waals surface area contributed by atoms with Crippen LogP contribution in [0.15, 0.2) is 48.5 Å². The van der Waals surface area contributed by atoms with E-state index in [2.05, 4.69) is 17.4 Å². The van der Waals surface area contributed by atoms with E-state index in [0.717, 1.165) is 27.3 Å². The van der Waals surface area contributed by atoms with Crippen LogP contribution in [0.2, 0.25) is 0 Å². The van der Waals surface area contributed by atoms with Gasteiger partial charge in [-0.05, 0) is 28.5 Å². The van der Waals surface area contributed by atoms with Gasteiger partial charge in [0.1, 0.15) is 12.6 Å². The Morgan fingerprint density at radius 2 is 1.70 bits per heavy atom. The number of carbonyl (C=O) groups excluding carboxylic acids is 1. The van der Waals surface area contributed by atoms with Gasteiger partial charge in [0, 0.05) is 16.8 Å². The molecule has 1 aliphatic rings. The third kappa shape index (κ3) is 4.59. The van der Waals surface area contributed by atoms with Crippen molar-refractivity contribution in [1.82, 2.24) is 5.32 Å². The highest BCUT2D eigenvalue weighted by molar-refractivity contribution is 8.15. The summed E-state index contributed by atoms with van der Waals surface area (Å²) in [5.74, 6) is -0.796. The highest BCUT2D eigenvalue weighted by atomic mass is 32.2. The number of amides is 1. The molecule has 1 aliphatic carbocycles. The van der Waals surface area contributed by atoms with Gasteiger partial charge in [0.15, 0.2) is 0 Å². The van der Waals surface area contributed by atoms with Gasteiger partial charge in [0.05, 0.1) is 0 Å². The molecule has 0 bridgehead atoms. The van der Waals surface area contributed by atoms with E-state index in [-0.39, 0.29) is 12.5 Å². The van der Waals surface area contributed by atoms with Crippen LogP contribution >= 0.6 is 23.5 Å². The topological polar surface area (TPSA) is 75.6 Å². The van der Waals surface area contributed by atoms with Crippen LogP contribution in [0.5, 0.6) is 0 Å². The smallest absolute Gasteiger partial charge is 0.407 e. The zero-order chi connectivity index (χ0) is 19.2. The van der Waals surface area contributed by atoms with E-state index in [1.54, 1.807) is 11.8 Å². The molecule has 0 saturated heterocycles. The fraction of sp³-hybridized carbons (Fsp3) is 0.300. The Morgan fingerprint density at radius 1 is 1.11 bits per heavy atom. The third-order valence-electron chi connectivity index (χ3n) is 4.42. The first-order valence-electron chi connectivity index (χ1n) is 8.52. The molecule has 0 radical (unpaired) electrons. The quantitative estimate of drug-likeness (QED) is 0.512. The Labute approximate surface area is 166 Å².